The molecule has 0 spiro atoms. The number of ether oxygens (including phenoxy) is 2. The van der Waals surface area contributed by atoms with Crippen molar-refractivity contribution < 1.29 is 14.3 Å². The van der Waals surface area contributed by atoms with E-state index in [9.17, 15) is 9.59 Å². The van der Waals surface area contributed by atoms with Gasteiger partial charge in [0.05, 0.1) is 5.69 Å². The minimum absolute atomic E-state index is 0.0156. The minimum Gasteiger partial charge on any atom is -0.457 e. The van der Waals surface area contributed by atoms with E-state index in [1.807, 2.05) is 13.0 Å². The van der Waals surface area contributed by atoms with Crippen LogP contribution in [0.1, 0.15) is 24.1 Å². The van der Waals surface area contributed by atoms with E-state index in [0.29, 0.717) is 24.4 Å². The predicted molar refractivity (Wildman–Crippen MR) is 75.0 cm³/mol. The van der Waals surface area contributed by atoms with Gasteiger partial charge in [-0.25, -0.2) is 9.78 Å². The van der Waals surface area contributed by atoms with Gasteiger partial charge in [-0.1, -0.05) is 6.07 Å². The first-order chi connectivity index (χ1) is 10.1. The molecule has 2 aromatic heterocycles. The van der Waals surface area contributed by atoms with Crippen LogP contribution < -0.4 is 5.56 Å². The molecule has 0 N–H and O–H groups in total. The van der Waals surface area contributed by atoms with Crippen molar-refractivity contribution in [3.63, 3.8) is 0 Å². The van der Waals surface area contributed by atoms with Crippen LogP contribution in [0.2, 0.25) is 0 Å². The summed E-state index contributed by atoms with van der Waals surface area (Å²) in [5.74, 6) is -0.390. The molecule has 0 unspecified atom stereocenters. The maximum Gasteiger partial charge on any atom is 0.335 e. The number of aromatic nitrogens is 2. The lowest BCUT2D eigenvalue weighted by Crippen LogP contribution is -2.23. The Labute approximate surface area is 121 Å². The SMILES string of the molecule is Cc1ccc2nc(COC(=O)[C@@H]3CCCO3)cc(=O)n2c1. The highest BCUT2D eigenvalue weighted by atomic mass is 16.6. The standard InChI is InChI=1S/C15H16N2O4/c1-10-4-5-13-16-11(7-14(18)17(13)8-10)9-21-15(19)12-3-2-6-20-12/h4-5,7-8,12H,2-3,6,9H2,1H3/t12-/m0/s1. The van der Waals surface area contributed by atoms with Gasteiger partial charge in [0.15, 0.2) is 6.10 Å². The van der Waals surface area contributed by atoms with Crippen molar-refractivity contribution in [2.75, 3.05) is 6.61 Å². The summed E-state index contributed by atoms with van der Waals surface area (Å²) in [4.78, 5) is 28.1. The number of aryl methyl sites for hydroxylation is 1. The van der Waals surface area contributed by atoms with Crippen molar-refractivity contribution in [3.05, 3.63) is 46.0 Å². The Hall–Kier alpha value is -2.21. The molecule has 110 valence electrons. The van der Waals surface area contributed by atoms with Gasteiger partial charge < -0.3 is 9.47 Å². The van der Waals surface area contributed by atoms with Crippen LogP contribution >= 0.6 is 0 Å². The Bertz CT molecular complexity index is 732. The van der Waals surface area contributed by atoms with Gasteiger partial charge >= 0.3 is 5.97 Å². The number of pyridine rings is 1. The maximum absolute atomic E-state index is 12.0. The number of hydrogen-bond donors (Lipinski definition) is 0. The normalized spacial score (nSPS) is 18.0. The molecule has 2 aromatic rings. The smallest absolute Gasteiger partial charge is 0.335 e. The number of esters is 1. The quantitative estimate of drug-likeness (QED) is 0.794. The van der Waals surface area contributed by atoms with E-state index >= 15 is 0 Å². The van der Waals surface area contributed by atoms with Crippen molar-refractivity contribution in [2.45, 2.75) is 32.5 Å². The number of rotatable bonds is 3. The highest BCUT2D eigenvalue weighted by Crippen LogP contribution is 2.14. The summed E-state index contributed by atoms with van der Waals surface area (Å²) in [5, 5.41) is 0. The zero-order valence-corrected chi connectivity index (χ0v) is 11.7. The molecule has 0 aromatic carbocycles. The number of fused-ring (bicyclic) bond motifs is 1. The fraction of sp³-hybridized carbons (Fsp3) is 0.400. The Morgan fingerprint density at radius 1 is 1.52 bits per heavy atom. The van der Waals surface area contributed by atoms with Crippen LogP contribution in [0.5, 0.6) is 0 Å². The Morgan fingerprint density at radius 3 is 3.14 bits per heavy atom. The van der Waals surface area contributed by atoms with Crippen LogP contribution in [0.4, 0.5) is 0 Å². The molecule has 0 aliphatic carbocycles. The van der Waals surface area contributed by atoms with Crippen molar-refractivity contribution >= 4 is 11.6 Å². The Balaban J connectivity index is 1.76. The summed E-state index contributed by atoms with van der Waals surface area (Å²) in [6.45, 7) is 2.48. The third kappa shape index (κ3) is 2.95. The van der Waals surface area contributed by atoms with Gasteiger partial charge in [0, 0.05) is 18.9 Å². The van der Waals surface area contributed by atoms with Crippen LogP contribution in [-0.2, 0) is 20.9 Å². The third-order valence-electron chi connectivity index (χ3n) is 3.42. The van der Waals surface area contributed by atoms with Crippen LogP contribution in [-0.4, -0.2) is 28.1 Å². The second kappa shape index (κ2) is 5.65. The molecule has 1 aliphatic rings. The molecule has 21 heavy (non-hydrogen) atoms. The van der Waals surface area contributed by atoms with E-state index < -0.39 is 12.1 Å². The Kier molecular flexibility index (Phi) is 3.70. The fourth-order valence-electron chi connectivity index (χ4n) is 2.33. The van der Waals surface area contributed by atoms with Crippen molar-refractivity contribution in [2.24, 2.45) is 0 Å². The zero-order chi connectivity index (χ0) is 14.8. The zero-order valence-electron chi connectivity index (χ0n) is 11.7. The summed E-state index contributed by atoms with van der Waals surface area (Å²) in [6.07, 6.45) is 2.81. The second-order valence-electron chi connectivity index (χ2n) is 5.13. The molecule has 0 saturated carbocycles. The van der Waals surface area contributed by atoms with Gasteiger partial charge in [0.1, 0.15) is 12.3 Å². The molecule has 1 fully saturated rings. The number of nitrogens with zero attached hydrogens (tertiary/aromatic N) is 2. The van der Waals surface area contributed by atoms with Crippen LogP contribution in [0.3, 0.4) is 0 Å². The molecule has 3 rings (SSSR count). The molecule has 0 bridgehead atoms. The van der Waals surface area contributed by atoms with E-state index in [-0.39, 0.29) is 12.2 Å². The molecule has 0 amide bonds. The average Bonchev–Trinajstić information content (AvgIpc) is 3.00. The van der Waals surface area contributed by atoms with E-state index in [1.54, 1.807) is 12.3 Å². The van der Waals surface area contributed by atoms with E-state index in [0.717, 1.165) is 12.0 Å². The van der Waals surface area contributed by atoms with Crippen molar-refractivity contribution in [3.8, 4) is 0 Å². The number of carbonyl (C=O) groups is 1. The lowest BCUT2D eigenvalue weighted by Gasteiger charge is -2.09. The van der Waals surface area contributed by atoms with E-state index in [1.165, 1.54) is 10.5 Å². The summed E-state index contributed by atoms with van der Waals surface area (Å²) in [5.41, 5.74) is 1.77. The van der Waals surface area contributed by atoms with Crippen LogP contribution in [0.15, 0.2) is 29.2 Å². The molecule has 1 saturated heterocycles. The van der Waals surface area contributed by atoms with Gasteiger partial charge in [-0.2, -0.15) is 0 Å². The average molecular weight is 288 g/mol. The maximum atomic E-state index is 12.0. The number of carbonyl (C=O) groups excluding carboxylic acids is 1. The van der Waals surface area contributed by atoms with Crippen molar-refractivity contribution in [1.82, 2.24) is 9.38 Å². The summed E-state index contributed by atoms with van der Waals surface area (Å²) in [7, 11) is 0. The predicted octanol–water partition coefficient (Wildman–Crippen LogP) is 1.23. The molecule has 1 atom stereocenters. The Morgan fingerprint density at radius 2 is 2.38 bits per heavy atom. The third-order valence-corrected chi connectivity index (χ3v) is 3.42. The lowest BCUT2D eigenvalue weighted by molar-refractivity contribution is -0.155. The first-order valence-electron chi connectivity index (χ1n) is 6.91. The van der Waals surface area contributed by atoms with Gasteiger partial charge in [0.2, 0.25) is 0 Å². The number of hydrogen-bond acceptors (Lipinski definition) is 5. The highest BCUT2D eigenvalue weighted by Gasteiger charge is 2.25. The monoisotopic (exact) mass is 288 g/mol. The van der Waals surface area contributed by atoms with Crippen molar-refractivity contribution in [1.29, 1.82) is 0 Å². The van der Waals surface area contributed by atoms with Gasteiger partial charge in [-0.05, 0) is 31.4 Å². The fourth-order valence-corrected chi connectivity index (χ4v) is 2.33. The molecule has 6 heteroatoms. The molecular weight excluding hydrogens is 272 g/mol. The summed E-state index contributed by atoms with van der Waals surface area (Å²) in [6, 6.07) is 5.03. The largest absolute Gasteiger partial charge is 0.457 e. The summed E-state index contributed by atoms with van der Waals surface area (Å²) >= 11 is 0. The molecule has 1 aliphatic heterocycles. The molecule has 0 radical (unpaired) electrons. The van der Waals surface area contributed by atoms with Crippen LogP contribution in [0, 0.1) is 6.92 Å². The van der Waals surface area contributed by atoms with Gasteiger partial charge in [0.25, 0.3) is 5.56 Å². The topological polar surface area (TPSA) is 69.9 Å². The summed E-state index contributed by atoms with van der Waals surface area (Å²) < 4.78 is 11.9. The first kappa shape index (κ1) is 13.8. The highest BCUT2D eigenvalue weighted by molar-refractivity contribution is 5.74. The lowest BCUT2D eigenvalue weighted by atomic mass is 10.2. The second-order valence-corrected chi connectivity index (χ2v) is 5.13. The minimum atomic E-state index is -0.478. The molecule has 3 heterocycles. The van der Waals surface area contributed by atoms with E-state index in [4.69, 9.17) is 9.47 Å². The van der Waals surface area contributed by atoms with Crippen LogP contribution in [0.25, 0.3) is 5.65 Å². The van der Waals surface area contributed by atoms with Gasteiger partial charge in [-0.15, -0.1) is 0 Å². The molecular formula is C15H16N2O4. The molecule has 6 nitrogen and oxygen atoms in total. The first-order valence-corrected chi connectivity index (χ1v) is 6.91. The van der Waals surface area contributed by atoms with E-state index in [2.05, 4.69) is 4.98 Å². The van der Waals surface area contributed by atoms with Gasteiger partial charge in [-0.3, -0.25) is 9.20 Å².